The molecule has 0 bridgehead atoms. The third-order valence-electron chi connectivity index (χ3n) is 3.15. The molecule has 0 aliphatic carbocycles. The molecular formula is C13H19BrN2. The molecule has 88 valence electrons. The van der Waals surface area contributed by atoms with E-state index in [0.717, 1.165) is 11.0 Å². The Balaban J connectivity index is 1.91. The smallest absolute Gasteiger partial charge is 0.0294 e. The zero-order valence-corrected chi connectivity index (χ0v) is 11.3. The van der Waals surface area contributed by atoms with Gasteiger partial charge in [0.05, 0.1) is 0 Å². The molecule has 0 saturated carbocycles. The number of hydrogen-bond acceptors (Lipinski definition) is 2. The highest BCUT2D eigenvalue weighted by atomic mass is 79.9. The predicted molar refractivity (Wildman–Crippen MR) is 71.6 cm³/mol. The van der Waals surface area contributed by atoms with Crippen LogP contribution in [0.25, 0.3) is 0 Å². The van der Waals surface area contributed by atoms with Crippen LogP contribution in [-0.2, 0) is 0 Å². The van der Waals surface area contributed by atoms with Gasteiger partial charge in [-0.15, -0.1) is 0 Å². The molecule has 1 aliphatic heterocycles. The summed E-state index contributed by atoms with van der Waals surface area (Å²) >= 11 is 3.46. The number of piperidine rings is 1. The highest BCUT2D eigenvalue weighted by Gasteiger charge is 2.15. The lowest BCUT2D eigenvalue weighted by molar-refractivity contribution is 0.362. The van der Waals surface area contributed by atoms with E-state index in [1.165, 1.54) is 24.9 Å². The number of rotatable bonds is 3. The zero-order chi connectivity index (χ0) is 11.4. The lowest BCUT2D eigenvalue weighted by Crippen LogP contribution is -2.43. The maximum absolute atomic E-state index is 3.68. The molecule has 1 fully saturated rings. The van der Waals surface area contributed by atoms with E-state index in [1.807, 2.05) is 0 Å². The van der Waals surface area contributed by atoms with Crippen LogP contribution in [0.1, 0.15) is 31.4 Å². The Labute approximate surface area is 106 Å². The molecule has 16 heavy (non-hydrogen) atoms. The molecule has 0 amide bonds. The highest BCUT2D eigenvalue weighted by molar-refractivity contribution is 9.10. The third-order valence-corrected chi connectivity index (χ3v) is 3.68. The molecule has 0 radical (unpaired) electrons. The van der Waals surface area contributed by atoms with Crippen molar-refractivity contribution < 1.29 is 0 Å². The summed E-state index contributed by atoms with van der Waals surface area (Å²) in [6, 6.07) is 9.61. The maximum Gasteiger partial charge on any atom is 0.0294 e. The summed E-state index contributed by atoms with van der Waals surface area (Å²) in [6.07, 6.45) is 2.57. The summed E-state index contributed by atoms with van der Waals surface area (Å²) in [5.41, 5.74) is 1.36. The van der Waals surface area contributed by atoms with Crippen LogP contribution in [0.5, 0.6) is 0 Å². The summed E-state index contributed by atoms with van der Waals surface area (Å²) in [6.45, 7) is 4.50. The molecule has 0 aromatic heterocycles. The van der Waals surface area contributed by atoms with Crippen LogP contribution in [-0.4, -0.2) is 19.1 Å². The topological polar surface area (TPSA) is 24.1 Å². The average Bonchev–Trinajstić information content (AvgIpc) is 2.31. The lowest BCUT2D eigenvalue weighted by atomic mass is 10.0. The first-order valence-electron chi connectivity index (χ1n) is 5.98. The number of benzene rings is 1. The molecule has 2 atom stereocenters. The largest absolute Gasteiger partial charge is 0.315 e. The standard InChI is InChI=1S/C13H19BrN2/c1-10(11-4-6-12(14)7-5-11)16-13-3-2-8-15-9-13/h4-7,10,13,15-16H,2-3,8-9H2,1H3/t10-,13?/m1/s1. The van der Waals surface area contributed by atoms with Crippen molar-refractivity contribution in [2.45, 2.75) is 31.8 Å². The van der Waals surface area contributed by atoms with Gasteiger partial charge in [0.25, 0.3) is 0 Å². The minimum atomic E-state index is 0.429. The van der Waals surface area contributed by atoms with Crippen LogP contribution >= 0.6 is 15.9 Å². The quantitative estimate of drug-likeness (QED) is 0.891. The summed E-state index contributed by atoms with van der Waals surface area (Å²) in [5, 5.41) is 7.11. The van der Waals surface area contributed by atoms with E-state index in [0.29, 0.717) is 12.1 Å². The Hall–Kier alpha value is -0.380. The van der Waals surface area contributed by atoms with Crippen molar-refractivity contribution in [2.24, 2.45) is 0 Å². The average molecular weight is 283 g/mol. The van der Waals surface area contributed by atoms with Gasteiger partial charge in [0.2, 0.25) is 0 Å². The summed E-state index contributed by atoms with van der Waals surface area (Å²) in [7, 11) is 0. The van der Waals surface area contributed by atoms with Gasteiger partial charge in [-0.25, -0.2) is 0 Å². The Morgan fingerprint density at radius 2 is 2.12 bits per heavy atom. The van der Waals surface area contributed by atoms with E-state index in [-0.39, 0.29) is 0 Å². The van der Waals surface area contributed by atoms with Gasteiger partial charge in [-0.1, -0.05) is 28.1 Å². The molecule has 2 nitrogen and oxygen atoms in total. The predicted octanol–water partition coefficient (Wildman–Crippen LogP) is 2.85. The van der Waals surface area contributed by atoms with Crippen molar-refractivity contribution in [3.8, 4) is 0 Å². The summed E-state index contributed by atoms with van der Waals surface area (Å²) in [4.78, 5) is 0. The first-order chi connectivity index (χ1) is 7.75. The van der Waals surface area contributed by atoms with Crippen molar-refractivity contribution in [2.75, 3.05) is 13.1 Å². The van der Waals surface area contributed by atoms with Crippen molar-refractivity contribution >= 4 is 15.9 Å². The first kappa shape index (κ1) is 12.1. The number of nitrogens with one attached hydrogen (secondary N) is 2. The Bertz CT molecular complexity index is 317. The van der Waals surface area contributed by atoms with E-state index >= 15 is 0 Å². The van der Waals surface area contributed by atoms with Gasteiger partial charge in [-0.05, 0) is 44.0 Å². The van der Waals surface area contributed by atoms with Gasteiger partial charge in [-0.3, -0.25) is 0 Å². The fourth-order valence-corrected chi connectivity index (χ4v) is 2.46. The van der Waals surface area contributed by atoms with Gasteiger partial charge in [0.15, 0.2) is 0 Å². The first-order valence-corrected chi connectivity index (χ1v) is 6.77. The molecule has 1 saturated heterocycles. The van der Waals surface area contributed by atoms with Crippen LogP contribution in [0.2, 0.25) is 0 Å². The maximum atomic E-state index is 3.68. The second kappa shape index (κ2) is 5.80. The van der Waals surface area contributed by atoms with Gasteiger partial charge in [-0.2, -0.15) is 0 Å². The zero-order valence-electron chi connectivity index (χ0n) is 9.67. The van der Waals surface area contributed by atoms with Gasteiger partial charge in [0, 0.05) is 23.1 Å². The van der Waals surface area contributed by atoms with E-state index in [9.17, 15) is 0 Å². The molecule has 3 heteroatoms. The molecule has 1 aromatic rings. The molecule has 2 N–H and O–H groups in total. The van der Waals surface area contributed by atoms with Gasteiger partial charge in [0.1, 0.15) is 0 Å². The van der Waals surface area contributed by atoms with Crippen molar-refractivity contribution in [1.29, 1.82) is 0 Å². The SMILES string of the molecule is C[C@@H](NC1CCCNC1)c1ccc(Br)cc1. The molecule has 0 spiro atoms. The van der Waals surface area contributed by atoms with Crippen LogP contribution in [0.3, 0.4) is 0 Å². The number of hydrogen-bond donors (Lipinski definition) is 2. The normalized spacial score (nSPS) is 23.0. The molecule has 2 rings (SSSR count). The second-order valence-electron chi connectivity index (χ2n) is 4.48. The molecule has 1 unspecified atom stereocenters. The van der Waals surface area contributed by atoms with E-state index < -0.39 is 0 Å². The van der Waals surface area contributed by atoms with Crippen LogP contribution in [0.15, 0.2) is 28.7 Å². The molecule has 1 heterocycles. The van der Waals surface area contributed by atoms with E-state index in [4.69, 9.17) is 0 Å². The fraction of sp³-hybridized carbons (Fsp3) is 0.538. The minimum absolute atomic E-state index is 0.429. The van der Waals surface area contributed by atoms with Gasteiger partial charge < -0.3 is 10.6 Å². The summed E-state index contributed by atoms with van der Waals surface area (Å²) in [5.74, 6) is 0. The third kappa shape index (κ3) is 3.30. The lowest BCUT2D eigenvalue weighted by Gasteiger charge is -2.27. The summed E-state index contributed by atoms with van der Waals surface area (Å²) < 4.78 is 1.14. The van der Waals surface area contributed by atoms with Crippen LogP contribution in [0.4, 0.5) is 0 Å². The van der Waals surface area contributed by atoms with Crippen molar-refractivity contribution in [3.63, 3.8) is 0 Å². The highest BCUT2D eigenvalue weighted by Crippen LogP contribution is 2.17. The fourth-order valence-electron chi connectivity index (χ4n) is 2.20. The van der Waals surface area contributed by atoms with Crippen molar-refractivity contribution in [3.05, 3.63) is 34.3 Å². The second-order valence-corrected chi connectivity index (χ2v) is 5.40. The Kier molecular flexibility index (Phi) is 4.38. The van der Waals surface area contributed by atoms with Crippen molar-refractivity contribution in [1.82, 2.24) is 10.6 Å². The van der Waals surface area contributed by atoms with Gasteiger partial charge >= 0.3 is 0 Å². The van der Waals surface area contributed by atoms with E-state index in [1.54, 1.807) is 0 Å². The molecule has 1 aromatic carbocycles. The van der Waals surface area contributed by atoms with Crippen LogP contribution < -0.4 is 10.6 Å². The monoisotopic (exact) mass is 282 g/mol. The Morgan fingerprint density at radius 1 is 1.38 bits per heavy atom. The number of halogens is 1. The van der Waals surface area contributed by atoms with E-state index in [2.05, 4.69) is 57.8 Å². The minimum Gasteiger partial charge on any atom is -0.315 e. The molecule has 1 aliphatic rings. The van der Waals surface area contributed by atoms with Crippen LogP contribution in [0, 0.1) is 0 Å². The Morgan fingerprint density at radius 3 is 2.75 bits per heavy atom. The molecular weight excluding hydrogens is 264 g/mol.